The third-order valence-electron chi connectivity index (χ3n) is 3.93. The van der Waals surface area contributed by atoms with Crippen LogP contribution in [-0.2, 0) is 13.6 Å². The van der Waals surface area contributed by atoms with E-state index in [9.17, 15) is 0 Å². The summed E-state index contributed by atoms with van der Waals surface area (Å²) >= 11 is 0. The molecule has 1 aromatic heterocycles. The van der Waals surface area contributed by atoms with Crippen molar-refractivity contribution >= 4 is 0 Å². The summed E-state index contributed by atoms with van der Waals surface area (Å²) in [5, 5.41) is 4.47. The Hall–Kier alpha value is -1.65. The molecule has 0 fully saturated rings. The number of benzene rings is 1. The molecule has 0 spiro atoms. The van der Waals surface area contributed by atoms with Gasteiger partial charge in [0.05, 0.1) is 5.69 Å². The Kier molecular flexibility index (Phi) is 5.53. The fourth-order valence-corrected chi connectivity index (χ4v) is 2.75. The average Bonchev–Trinajstić information content (AvgIpc) is 2.82. The molecule has 2 aromatic rings. The highest BCUT2D eigenvalue weighted by molar-refractivity contribution is 5.21. The Bertz CT molecular complexity index is 547. The molecular weight excluding hydrogens is 260 g/mol. The molecule has 0 amide bonds. The zero-order chi connectivity index (χ0) is 15.2. The van der Waals surface area contributed by atoms with Crippen molar-refractivity contribution in [1.82, 2.24) is 14.7 Å². The van der Waals surface area contributed by atoms with E-state index in [2.05, 4.69) is 60.4 Å². The first kappa shape index (κ1) is 15.7. The molecule has 4 nitrogen and oxygen atoms in total. The number of hydrogen-bond acceptors (Lipinski definition) is 3. The lowest BCUT2D eigenvalue weighted by Crippen LogP contribution is -2.29. The highest BCUT2D eigenvalue weighted by Gasteiger charge is 2.19. The number of rotatable bonds is 7. The second kappa shape index (κ2) is 7.38. The average molecular weight is 286 g/mol. The van der Waals surface area contributed by atoms with Gasteiger partial charge in [-0.15, -0.1) is 0 Å². The minimum Gasteiger partial charge on any atom is -0.330 e. The molecule has 0 radical (unpaired) electrons. The molecule has 0 aliphatic heterocycles. The molecule has 0 aliphatic carbocycles. The highest BCUT2D eigenvalue weighted by Crippen LogP contribution is 2.24. The van der Waals surface area contributed by atoms with Gasteiger partial charge in [0.15, 0.2) is 0 Å². The van der Waals surface area contributed by atoms with Crippen molar-refractivity contribution in [2.24, 2.45) is 12.8 Å². The van der Waals surface area contributed by atoms with Crippen LogP contribution in [0.25, 0.3) is 0 Å². The predicted molar refractivity (Wildman–Crippen MR) is 86.9 cm³/mol. The first-order valence-corrected chi connectivity index (χ1v) is 7.60. The monoisotopic (exact) mass is 286 g/mol. The lowest BCUT2D eigenvalue weighted by molar-refractivity contribution is 0.199. The number of aryl methyl sites for hydroxylation is 2. The standard InChI is InChI=1S/C17H26N4/c1-14-17(13-20(3)19-14)15(2)21(11-7-10-18)12-16-8-5-4-6-9-16/h4-6,8-9,13,15H,7,10-12,18H2,1-3H3. The van der Waals surface area contributed by atoms with Gasteiger partial charge in [-0.2, -0.15) is 5.10 Å². The maximum atomic E-state index is 5.70. The van der Waals surface area contributed by atoms with Crippen LogP contribution in [0.1, 0.15) is 36.2 Å². The van der Waals surface area contributed by atoms with Crippen LogP contribution in [0.5, 0.6) is 0 Å². The smallest absolute Gasteiger partial charge is 0.0641 e. The molecule has 1 heterocycles. The van der Waals surface area contributed by atoms with Crippen molar-refractivity contribution in [2.45, 2.75) is 32.9 Å². The molecular formula is C17H26N4. The van der Waals surface area contributed by atoms with E-state index in [1.54, 1.807) is 0 Å². The van der Waals surface area contributed by atoms with Crippen LogP contribution in [0.4, 0.5) is 0 Å². The summed E-state index contributed by atoms with van der Waals surface area (Å²) in [6, 6.07) is 10.9. The van der Waals surface area contributed by atoms with E-state index in [0.717, 1.165) is 31.7 Å². The van der Waals surface area contributed by atoms with Crippen molar-refractivity contribution in [3.8, 4) is 0 Å². The molecule has 1 atom stereocenters. The quantitative estimate of drug-likeness (QED) is 0.851. The highest BCUT2D eigenvalue weighted by atomic mass is 15.3. The van der Waals surface area contributed by atoms with Crippen molar-refractivity contribution in [3.63, 3.8) is 0 Å². The van der Waals surface area contributed by atoms with Crippen LogP contribution >= 0.6 is 0 Å². The lowest BCUT2D eigenvalue weighted by Gasteiger charge is -2.29. The van der Waals surface area contributed by atoms with Crippen molar-refractivity contribution < 1.29 is 0 Å². The molecule has 1 aromatic carbocycles. The van der Waals surface area contributed by atoms with E-state index in [-0.39, 0.29) is 0 Å². The number of nitrogens with two attached hydrogens (primary N) is 1. The topological polar surface area (TPSA) is 47.1 Å². The Labute approximate surface area is 127 Å². The zero-order valence-corrected chi connectivity index (χ0v) is 13.3. The van der Waals surface area contributed by atoms with Crippen LogP contribution < -0.4 is 5.73 Å². The SMILES string of the molecule is Cc1nn(C)cc1C(C)N(CCCN)Cc1ccccc1. The first-order valence-electron chi connectivity index (χ1n) is 7.60. The van der Waals surface area contributed by atoms with Crippen molar-refractivity contribution in [1.29, 1.82) is 0 Å². The van der Waals surface area contributed by atoms with E-state index in [0.29, 0.717) is 6.04 Å². The third kappa shape index (κ3) is 4.16. The molecule has 1 unspecified atom stereocenters. The third-order valence-corrected chi connectivity index (χ3v) is 3.93. The molecule has 4 heteroatoms. The fraction of sp³-hybridized carbons (Fsp3) is 0.471. The maximum Gasteiger partial charge on any atom is 0.0641 e. The van der Waals surface area contributed by atoms with E-state index in [1.807, 2.05) is 11.7 Å². The number of hydrogen-bond donors (Lipinski definition) is 1. The lowest BCUT2D eigenvalue weighted by atomic mass is 10.1. The van der Waals surface area contributed by atoms with Gasteiger partial charge < -0.3 is 5.73 Å². The summed E-state index contributed by atoms with van der Waals surface area (Å²) in [6.45, 7) is 7.00. The molecule has 0 bridgehead atoms. The van der Waals surface area contributed by atoms with Crippen LogP contribution in [-0.4, -0.2) is 27.8 Å². The van der Waals surface area contributed by atoms with Gasteiger partial charge in [0.1, 0.15) is 0 Å². The second-order valence-electron chi connectivity index (χ2n) is 5.62. The molecule has 114 valence electrons. The Balaban J connectivity index is 2.16. The summed E-state index contributed by atoms with van der Waals surface area (Å²) < 4.78 is 1.89. The number of nitrogens with zero attached hydrogens (tertiary/aromatic N) is 3. The minimum atomic E-state index is 0.338. The van der Waals surface area contributed by atoms with Gasteiger partial charge in [-0.25, -0.2) is 0 Å². The minimum absolute atomic E-state index is 0.338. The van der Waals surface area contributed by atoms with Crippen LogP contribution in [0.15, 0.2) is 36.5 Å². The fourth-order valence-electron chi connectivity index (χ4n) is 2.75. The van der Waals surface area contributed by atoms with Gasteiger partial charge in [0.25, 0.3) is 0 Å². The van der Waals surface area contributed by atoms with E-state index in [4.69, 9.17) is 5.73 Å². The molecule has 2 rings (SSSR count). The largest absolute Gasteiger partial charge is 0.330 e. The molecule has 0 saturated carbocycles. The molecule has 21 heavy (non-hydrogen) atoms. The summed E-state index contributed by atoms with van der Waals surface area (Å²) in [4.78, 5) is 2.48. The van der Waals surface area contributed by atoms with Gasteiger partial charge in [0, 0.05) is 37.9 Å². The van der Waals surface area contributed by atoms with Gasteiger partial charge in [0.2, 0.25) is 0 Å². The Morgan fingerprint density at radius 1 is 1.29 bits per heavy atom. The van der Waals surface area contributed by atoms with Gasteiger partial charge in [-0.1, -0.05) is 30.3 Å². The van der Waals surface area contributed by atoms with E-state index in [1.165, 1.54) is 11.1 Å². The van der Waals surface area contributed by atoms with Crippen LogP contribution in [0, 0.1) is 6.92 Å². The second-order valence-corrected chi connectivity index (χ2v) is 5.62. The maximum absolute atomic E-state index is 5.70. The van der Waals surface area contributed by atoms with Crippen LogP contribution in [0.2, 0.25) is 0 Å². The molecule has 0 aliphatic rings. The van der Waals surface area contributed by atoms with Crippen LogP contribution in [0.3, 0.4) is 0 Å². The summed E-state index contributed by atoms with van der Waals surface area (Å²) in [5.41, 5.74) is 9.44. The predicted octanol–water partition coefficient (Wildman–Crippen LogP) is 2.64. The Morgan fingerprint density at radius 3 is 2.57 bits per heavy atom. The van der Waals surface area contributed by atoms with E-state index >= 15 is 0 Å². The van der Waals surface area contributed by atoms with Gasteiger partial charge >= 0.3 is 0 Å². The van der Waals surface area contributed by atoms with E-state index < -0.39 is 0 Å². The van der Waals surface area contributed by atoms with Crippen molar-refractivity contribution in [2.75, 3.05) is 13.1 Å². The summed E-state index contributed by atoms with van der Waals surface area (Å²) in [5.74, 6) is 0. The zero-order valence-electron chi connectivity index (χ0n) is 13.3. The van der Waals surface area contributed by atoms with Crippen molar-refractivity contribution in [3.05, 3.63) is 53.3 Å². The number of aromatic nitrogens is 2. The summed E-state index contributed by atoms with van der Waals surface area (Å²) in [7, 11) is 1.98. The summed E-state index contributed by atoms with van der Waals surface area (Å²) in [6.07, 6.45) is 3.14. The Morgan fingerprint density at radius 2 is 2.00 bits per heavy atom. The van der Waals surface area contributed by atoms with Gasteiger partial charge in [-0.05, 0) is 32.4 Å². The normalized spacial score (nSPS) is 12.8. The first-order chi connectivity index (χ1) is 10.1. The van der Waals surface area contributed by atoms with Gasteiger partial charge in [-0.3, -0.25) is 9.58 Å². The molecule has 0 saturated heterocycles. The molecule has 2 N–H and O–H groups in total.